The van der Waals surface area contributed by atoms with E-state index in [0.29, 0.717) is 16.9 Å². The number of rotatable bonds is 5. The second-order valence-corrected chi connectivity index (χ2v) is 6.92. The zero-order valence-corrected chi connectivity index (χ0v) is 13.5. The Labute approximate surface area is 128 Å². The number of hydrogen-bond acceptors (Lipinski definition) is 4. The molecule has 0 bridgehead atoms. The first-order chi connectivity index (χ1) is 9.67. The summed E-state index contributed by atoms with van der Waals surface area (Å²) >= 11 is 3.36. The fourth-order valence-electron chi connectivity index (χ4n) is 2.79. The normalized spacial score (nSPS) is 22.5. The van der Waals surface area contributed by atoms with Crippen LogP contribution in [0, 0.1) is 0 Å². The summed E-state index contributed by atoms with van der Waals surface area (Å²) < 4.78 is 0. The van der Waals surface area contributed by atoms with Crippen molar-refractivity contribution in [1.29, 1.82) is 0 Å². The number of anilines is 1. The van der Waals surface area contributed by atoms with Crippen LogP contribution < -0.4 is 5.32 Å². The van der Waals surface area contributed by atoms with E-state index in [9.17, 15) is 9.90 Å². The summed E-state index contributed by atoms with van der Waals surface area (Å²) in [6.07, 6.45) is 8.88. The minimum absolute atomic E-state index is 0.369. The van der Waals surface area contributed by atoms with Crippen LogP contribution in [0.2, 0.25) is 0 Å². The third-order valence-electron chi connectivity index (χ3n) is 3.81. The predicted octanol–water partition coefficient (Wildman–Crippen LogP) is 4.19. The van der Waals surface area contributed by atoms with Gasteiger partial charge in [-0.3, -0.25) is 0 Å². The van der Waals surface area contributed by atoms with E-state index >= 15 is 0 Å². The van der Waals surface area contributed by atoms with E-state index in [1.165, 1.54) is 31.0 Å². The molecule has 1 saturated carbocycles. The van der Waals surface area contributed by atoms with Crippen molar-refractivity contribution in [2.24, 2.45) is 0 Å². The number of hydrogen-bond donors (Lipinski definition) is 2. The lowest BCUT2D eigenvalue weighted by Crippen LogP contribution is -2.34. The van der Waals surface area contributed by atoms with Gasteiger partial charge in [-0.25, -0.2) is 4.79 Å². The maximum atomic E-state index is 11.5. The van der Waals surface area contributed by atoms with Crippen molar-refractivity contribution in [3.8, 4) is 0 Å². The topological polar surface area (TPSA) is 49.3 Å². The van der Waals surface area contributed by atoms with Gasteiger partial charge in [-0.1, -0.05) is 18.9 Å². The minimum atomic E-state index is -0.853. The maximum Gasteiger partial charge on any atom is 0.338 e. The summed E-state index contributed by atoms with van der Waals surface area (Å²) in [6.45, 7) is 0. The molecule has 2 rings (SSSR count). The van der Waals surface area contributed by atoms with Crippen LogP contribution in [0.5, 0.6) is 0 Å². The van der Waals surface area contributed by atoms with Crippen LogP contribution in [0.25, 0.3) is 0 Å². The monoisotopic (exact) mass is 311 g/mol. The van der Waals surface area contributed by atoms with E-state index in [1.807, 2.05) is 36.2 Å². The van der Waals surface area contributed by atoms with Crippen LogP contribution in [0.1, 0.15) is 36.0 Å². The Morgan fingerprint density at radius 3 is 2.70 bits per heavy atom. The SMILES string of the molecule is CSc1cccc(NC2CCCCC2SC)c1C(=O)O. The van der Waals surface area contributed by atoms with Crippen molar-refractivity contribution in [3.05, 3.63) is 23.8 Å². The molecule has 3 nitrogen and oxygen atoms in total. The van der Waals surface area contributed by atoms with Crippen LogP contribution in [0.4, 0.5) is 5.69 Å². The fraction of sp³-hybridized carbons (Fsp3) is 0.533. The molecule has 110 valence electrons. The second-order valence-electron chi connectivity index (χ2n) is 5.00. The van der Waals surface area contributed by atoms with Gasteiger partial charge < -0.3 is 10.4 Å². The van der Waals surface area contributed by atoms with Crippen molar-refractivity contribution in [2.45, 2.75) is 41.9 Å². The first kappa shape index (κ1) is 15.6. The van der Waals surface area contributed by atoms with Crippen molar-refractivity contribution >= 4 is 35.2 Å². The Balaban J connectivity index is 2.26. The highest BCUT2D eigenvalue weighted by atomic mass is 32.2. The zero-order valence-electron chi connectivity index (χ0n) is 11.9. The molecule has 1 aliphatic carbocycles. The first-order valence-electron chi connectivity index (χ1n) is 6.87. The van der Waals surface area contributed by atoms with Gasteiger partial charge in [0, 0.05) is 16.2 Å². The Morgan fingerprint density at radius 2 is 2.05 bits per heavy atom. The van der Waals surface area contributed by atoms with Crippen molar-refractivity contribution < 1.29 is 9.90 Å². The molecule has 0 spiro atoms. The molecule has 2 atom stereocenters. The Hall–Kier alpha value is -0.810. The number of thioether (sulfide) groups is 2. The van der Waals surface area contributed by atoms with Crippen LogP contribution in [-0.4, -0.2) is 34.9 Å². The highest BCUT2D eigenvalue weighted by molar-refractivity contribution is 7.99. The molecule has 1 fully saturated rings. The predicted molar refractivity (Wildman–Crippen MR) is 88.4 cm³/mol. The number of nitrogens with one attached hydrogen (secondary N) is 1. The summed E-state index contributed by atoms with van der Waals surface area (Å²) in [5.41, 5.74) is 1.17. The molecule has 2 unspecified atom stereocenters. The quantitative estimate of drug-likeness (QED) is 0.798. The smallest absolute Gasteiger partial charge is 0.338 e. The van der Waals surface area contributed by atoms with Gasteiger partial charge in [-0.05, 0) is 37.5 Å². The largest absolute Gasteiger partial charge is 0.478 e. The summed E-state index contributed by atoms with van der Waals surface area (Å²) in [4.78, 5) is 12.4. The fourth-order valence-corrected chi connectivity index (χ4v) is 4.34. The van der Waals surface area contributed by atoms with Gasteiger partial charge >= 0.3 is 5.97 Å². The molecule has 0 heterocycles. The number of aromatic carboxylic acids is 1. The molecule has 1 aliphatic rings. The molecule has 0 radical (unpaired) electrons. The highest BCUT2D eigenvalue weighted by Crippen LogP contribution is 2.33. The number of carboxylic acid groups (broad SMARTS) is 1. The average Bonchev–Trinajstić information content (AvgIpc) is 2.47. The zero-order chi connectivity index (χ0) is 14.5. The molecule has 0 aromatic heterocycles. The van der Waals surface area contributed by atoms with Gasteiger partial charge in [0.1, 0.15) is 0 Å². The maximum absolute atomic E-state index is 11.5. The van der Waals surface area contributed by atoms with Crippen LogP contribution >= 0.6 is 23.5 Å². The molecule has 5 heteroatoms. The molecule has 0 saturated heterocycles. The van der Waals surface area contributed by atoms with Crippen LogP contribution in [0.3, 0.4) is 0 Å². The lowest BCUT2D eigenvalue weighted by Gasteiger charge is -2.32. The minimum Gasteiger partial charge on any atom is -0.478 e. The molecule has 1 aromatic rings. The average molecular weight is 311 g/mol. The van der Waals surface area contributed by atoms with Crippen molar-refractivity contribution in [3.63, 3.8) is 0 Å². The van der Waals surface area contributed by atoms with E-state index < -0.39 is 5.97 Å². The Bertz CT molecular complexity index is 479. The van der Waals surface area contributed by atoms with Gasteiger partial charge in [-0.15, -0.1) is 11.8 Å². The van der Waals surface area contributed by atoms with Gasteiger partial charge in [0.05, 0.1) is 11.3 Å². The molecule has 0 aliphatic heterocycles. The standard InChI is InChI=1S/C15H21NO2S2/c1-19-12-8-4-3-6-10(12)16-11-7-5-9-13(20-2)14(11)15(17)18/h5,7,9-10,12,16H,3-4,6,8H2,1-2H3,(H,17,18). The molecular weight excluding hydrogens is 290 g/mol. The summed E-state index contributed by atoms with van der Waals surface area (Å²) in [7, 11) is 0. The Morgan fingerprint density at radius 1 is 1.30 bits per heavy atom. The third-order valence-corrected chi connectivity index (χ3v) is 5.76. The molecular formula is C15H21NO2S2. The van der Waals surface area contributed by atoms with E-state index in [-0.39, 0.29) is 0 Å². The third kappa shape index (κ3) is 3.44. The van der Waals surface area contributed by atoms with Gasteiger partial charge in [-0.2, -0.15) is 11.8 Å². The second kappa shape index (κ2) is 7.27. The summed E-state index contributed by atoms with van der Waals surface area (Å²) in [5, 5.41) is 13.5. The van der Waals surface area contributed by atoms with E-state index in [1.54, 1.807) is 0 Å². The number of carboxylic acids is 1. The summed E-state index contributed by atoms with van der Waals surface area (Å²) in [5.74, 6) is -0.853. The molecule has 20 heavy (non-hydrogen) atoms. The number of benzene rings is 1. The molecule has 2 N–H and O–H groups in total. The lowest BCUT2D eigenvalue weighted by molar-refractivity contribution is 0.0694. The van der Waals surface area contributed by atoms with E-state index in [2.05, 4.69) is 11.6 Å². The van der Waals surface area contributed by atoms with Crippen molar-refractivity contribution in [1.82, 2.24) is 0 Å². The molecule has 0 amide bonds. The summed E-state index contributed by atoms with van der Waals surface area (Å²) in [6, 6.07) is 6.05. The van der Waals surface area contributed by atoms with E-state index in [4.69, 9.17) is 0 Å². The van der Waals surface area contributed by atoms with Crippen molar-refractivity contribution in [2.75, 3.05) is 17.8 Å². The Kier molecular flexibility index (Phi) is 5.66. The van der Waals surface area contributed by atoms with Crippen LogP contribution in [0.15, 0.2) is 23.1 Å². The van der Waals surface area contributed by atoms with Gasteiger partial charge in [0.2, 0.25) is 0 Å². The lowest BCUT2D eigenvalue weighted by atomic mass is 9.94. The van der Waals surface area contributed by atoms with E-state index in [0.717, 1.165) is 17.0 Å². The highest BCUT2D eigenvalue weighted by Gasteiger charge is 2.26. The number of carbonyl (C=O) groups is 1. The molecule has 1 aromatic carbocycles. The first-order valence-corrected chi connectivity index (χ1v) is 9.38. The van der Waals surface area contributed by atoms with Gasteiger partial charge in [0.25, 0.3) is 0 Å². The van der Waals surface area contributed by atoms with Crippen LogP contribution in [-0.2, 0) is 0 Å². The van der Waals surface area contributed by atoms with Gasteiger partial charge in [0.15, 0.2) is 0 Å².